The summed E-state index contributed by atoms with van der Waals surface area (Å²) >= 11 is 2.57. The Hall–Kier alpha value is 0.0900. The van der Waals surface area contributed by atoms with Gasteiger partial charge in [0, 0.05) is 22.6 Å². The van der Waals surface area contributed by atoms with Crippen molar-refractivity contribution in [2.24, 2.45) is 17.8 Å². The Morgan fingerprint density at radius 3 is 2.61 bits per heavy atom. The normalized spacial score (nSPS) is 41.0. The van der Waals surface area contributed by atoms with E-state index < -0.39 is 0 Å². The topological polar surface area (TPSA) is 29.5 Å². The summed E-state index contributed by atoms with van der Waals surface area (Å²) < 4.78 is 18.6. The van der Waals surface area contributed by atoms with Gasteiger partial charge in [0.1, 0.15) is 0 Å². The minimum Gasteiger partial charge on any atom is -0.469 e. The number of carbonyl (C=O) groups excluding carboxylic acids is 1. The smallest absolute Gasteiger partial charge is 0.310 e. The number of carbonyl (C=O) groups is 1. The van der Waals surface area contributed by atoms with Crippen LogP contribution in [0, 0.1) is 17.8 Å². The van der Waals surface area contributed by atoms with Gasteiger partial charge < -0.3 is 4.74 Å². The quantitative estimate of drug-likeness (QED) is 0.370. The van der Waals surface area contributed by atoms with Crippen molar-refractivity contribution >= 4 is 28.6 Å². The summed E-state index contributed by atoms with van der Waals surface area (Å²) in [7, 11) is 1.52. The van der Waals surface area contributed by atoms with Crippen molar-refractivity contribution in [2.75, 3.05) is 20.3 Å². The summed E-state index contributed by atoms with van der Waals surface area (Å²) in [5.41, 5.74) is 0. The standard InChI is InChI=1S/C18H29FINO2/c1-23-18(22)17-15(12-3-5-13(20)6-4-12)11-14-7-8-16(17)21(14)10-2-9-19/h12-17H,2-11H2,1H3/t12?,13?,14-,15+,16?,17?/m1/s1. The summed E-state index contributed by atoms with van der Waals surface area (Å²) in [5, 5.41) is 0. The lowest BCUT2D eigenvalue weighted by molar-refractivity contribution is -0.154. The number of ether oxygens (including phenoxy) is 1. The lowest BCUT2D eigenvalue weighted by atomic mass is 9.68. The van der Waals surface area contributed by atoms with E-state index in [1.807, 2.05) is 0 Å². The molecule has 1 saturated carbocycles. The average molecular weight is 437 g/mol. The fraction of sp³-hybridized carbons (Fsp3) is 0.944. The number of fused-ring (bicyclic) bond motifs is 2. The van der Waals surface area contributed by atoms with Crippen molar-refractivity contribution in [3.05, 3.63) is 0 Å². The molecule has 1 aliphatic carbocycles. The van der Waals surface area contributed by atoms with E-state index in [0.29, 0.717) is 24.3 Å². The molecule has 0 aromatic heterocycles. The molecule has 3 fully saturated rings. The molecule has 2 heterocycles. The second-order valence-corrected chi connectivity index (χ2v) is 9.30. The van der Waals surface area contributed by atoms with E-state index in [4.69, 9.17) is 4.74 Å². The van der Waals surface area contributed by atoms with Crippen LogP contribution in [0.3, 0.4) is 0 Å². The lowest BCUT2D eigenvalue weighted by Gasteiger charge is -2.47. The Morgan fingerprint density at radius 2 is 1.96 bits per heavy atom. The highest BCUT2D eigenvalue weighted by molar-refractivity contribution is 14.1. The van der Waals surface area contributed by atoms with Crippen LogP contribution >= 0.6 is 22.6 Å². The van der Waals surface area contributed by atoms with Gasteiger partial charge in [0.05, 0.1) is 19.7 Å². The summed E-state index contributed by atoms with van der Waals surface area (Å²) in [4.78, 5) is 15.0. The van der Waals surface area contributed by atoms with Crippen molar-refractivity contribution in [1.82, 2.24) is 4.90 Å². The van der Waals surface area contributed by atoms with Gasteiger partial charge in [-0.05, 0) is 63.2 Å². The zero-order valence-electron chi connectivity index (χ0n) is 14.1. The average Bonchev–Trinajstić information content (AvgIpc) is 2.84. The van der Waals surface area contributed by atoms with E-state index in [9.17, 15) is 9.18 Å². The van der Waals surface area contributed by atoms with Gasteiger partial charge in [0.15, 0.2) is 0 Å². The molecular formula is C18H29FINO2. The number of hydrogen-bond donors (Lipinski definition) is 0. The van der Waals surface area contributed by atoms with E-state index in [1.54, 1.807) is 0 Å². The second kappa shape index (κ2) is 7.98. The third-order valence-corrected chi connectivity index (χ3v) is 7.69. The van der Waals surface area contributed by atoms with Crippen LogP contribution in [0.5, 0.6) is 0 Å². The van der Waals surface area contributed by atoms with Gasteiger partial charge in [-0.3, -0.25) is 14.1 Å². The Bertz CT molecular complexity index is 414. The number of alkyl halides is 2. The van der Waals surface area contributed by atoms with Gasteiger partial charge in [0.25, 0.3) is 0 Å². The van der Waals surface area contributed by atoms with Crippen LogP contribution in [0.1, 0.15) is 51.4 Å². The number of hydrogen-bond acceptors (Lipinski definition) is 3. The number of esters is 1. The molecule has 0 spiro atoms. The van der Waals surface area contributed by atoms with Crippen LogP contribution in [0.4, 0.5) is 4.39 Å². The first kappa shape index (κ1) is 17.9. The molecule has 132 valence electrons. The van der Waals surface area contributed by atoms with E-state index in [0.717, 1.165) is 23.3 Å². The fourth-order valence-corrected chi connectivity index (χ4v) is 6.12. The number of halogens is 2. The third kappa shape index (κ3) is 3.70. The van der Waals surface area contributed by atoms with Gasteiger partial charge in [-0.25, -0.2) is 0 Å². The highest BCUT2D eigenvalue weighted by Crippen LogP contribution is 2.49. The van der Waals surface area contributed by atoms with Gasteiger partial charge >= 0.3 is 5.97 Å². The Labute approximate surface area is 152 Å². The largest absolute Gasteiger partial charge is 0.469 e. The number of methoxy groups -OCH3 is 1. The van der Waals surface area contributed by atoms with Crippen LogP contribution in [-0.4, -0.2) is 47.2 Å². The van der Waals surface area contributed by atoms with Crippen LogP contribution < -0.4 is 0 Å². The molecule has 3 aliphatic rings. The molecule has 2 bridgehead atoms. The highest BCUT2D eigenvalue weighted by atomic mass is 127. The molecule has 2 unspecified atom stereocenters. The van der Waals surface area contributed by atoms with Crippen LogP contribution in [-0.2, 0) is 9.53 Å². The maximum Gasteiger partial charge on any atom is 0.310 e. The molecule has 4 atom stereocenters. The summed E-state index contributed by atoms with van der Waals surface area (Å²) in [6.07, 6.45) is 9.04. The van der Waals surface area contributed by atoms with Crippen molar-refractivity contribution < 1.29 is 13.9 Å². The molecule has 3 nitrogen and oxygen atoms in total. The number of piperidine rings is 1. The van der Waals surface area contributed by atoms with Crippen molar-refractivity contribution in [3.8, 4) is 0 Å². The fourth-order valence-electron chi connectivity index (χ4n) is 5.40. The van der Waals surface area contributed by atoms with Crippen molar-refractivity contribution in [1.29, 1.82) is 0 Å². The summed E-state index contributed by atoms with van der Waals surface area (Å²) in [5.74, 6) is 1.14. The molecule has 0 aromatic carbocycles. The second-order valence-electron chi connectivity index (χ2n) is 7.54. The van der Waals surface area contributed by atoms with E-state index in [2.05, 4.69) is 27.5 Å². The van der Waals surface area contributed by atoms with Crippen LogP contribution in [0.25, 0.3) is 0 Å². The zero-order chi connectivity index (χ0) is 16.4. The van der Waals surface area contributed by atoms with Gasteiger partial charge in [0.2, 0.25) is 0 Å². The van der Waals surface area contributed by atoms with Gasteiger partial charge in [-0.15, -0.1) is 0 Å². The molecule has 0 amide bonds. The van der Waals surface area contributed by atoms with Gasteiger partial charge in [-0.1, -0.05) is 22.6 Å². The molecule has 5 heteroatoms. The first-order valence-corrected chi connectivity index (χ1v) is 10.4. The first-order valence-electron chi connectivity index (χ1n) is 9.19. The van der Waals surface area contributed by atoms with Crippen molar-refractivity contribution in [2.45, 2.75) is 67.4 Å². The molecular weight excluding hydrogens is 408 g/mol. The third-order valence-electron chi connectivity index (χ3n) is 6.44. The lowest BCUT2D eigenvalue weighted by Crippen LogP contribution is -2.53. The predicted molar refractivity (Wildman–Crippen MR) is 97.5 cm³/mol. The van der Waals surface area contributed by atoms with Crippen LogP contribution in [0.15, 0.2) is 0 Å². The molecule has 23 heavy (non-hydrogen) atoms. The van der Waals surface area contributed by atoms with Gasteiger partial charge in [-0.2, -0.15) is 0 Å². The minimum absolute atomic E-state index is 0.00845. The maximum absolute atomic E-state index is 12.6. The minimum atomic E-state index is -0.262. The summed E-state index contributed by atoms with van der Waals surface area (Å²) in [6, 6.07) is 0.852. The molecule has 2 aliphatic heterocycles. The molecule has 0 N–H and O–H groups in total. The maximum atomic E-state index is 12.6. The van der Waals surface area contributed by atoms with Crippen molar-refractivity contribution in [3.63, 3.8) is 0 Å². The van der Waals surface area contributed by atoms with Crippen LogP contribution in [0.2, 0.25) is 0 Å². The SMILES string of the molecule is COC(=O)C1C2CC[C@H](C[C@H]1C1CCC(I)CC1)N2CCCF. The molecule has 2 saturated heterocycles. The summed E-state index contributed by atoms with van der Waals surface area (Å²) in [6.45, 7) is 0.536. The Kier molecular flexibility index (Phi) is 6.21. The highest BCUT2D eigenvalue weighted by Gasteiger charge is 2.52. The van der Waals surface area contributed by atoms with E-state index in [1.165, 1.54) is 39.2 Å². The number of nitrogens with zero attached hydrogens (tertiary/aromatic N) is 1. The Balaban J connectivity index is 1.76. The van der Waals surface area contributed by atoms with E-state index >= 15 is 0 Å². The predicted octanol–water partition coefficient (Wildman–Crippen LogP) is 3.98. The monoisotopic (exact) mass is 437 g/mol. The zero-order valence-corrected chi connectivity index (χ0v) is 16.2. The Morgan fingerprint density at radius 1 is 1.22 bits per heavy atom. The number of rotatable bonds is 5. The first-order chi connectivity index (χ1) is 11.2. The molecule has 3 rings (SSSR count). The van der Waals surface area contributed by atoms with E-state index in [-0.39, 0.29) is 24.6 Å². The molecule has 0 radical (unpaired) electrons. The molecule has 0 aromatic rings.